The standard InChI is InChI=1S/C15H16ClNS/c1-11-3-2-4-14(9-11)18-15-6-5-13(16)10-12(15)7-8-17/h2-6,9-10H,7-8,17H2,1H3. The average molecular weight is 278 g/mol. The van der Waals surface area contributed by atoms with Crippen LogP contribution < -0.4 is 5.73 Å². The zero-order valence-electron chi connectivity index (χ0n) is 10.3. The van der Waals surface area contributed by atoms with Gasteiger partial charge in [-0.05, 0) is 55.8 Å². The molecule has 0 fully saturated rings. The minimum absolute atomic E-state index is 0.641. The number of hydrogen-bond acceptors (Lipinski definition) is 2. The van der Waals surface area contributed by atoms with Gasteiger partial charge in [-0.1, -0.05) is 41.1 Å². The molecule has 0 amide bonds. The van der Waals surface area contributed by atoms with Gasteiger partial charge in [0.25, 0.3) is 0 Å². The van der Waals surface area contributed by atoms with E-state index in [4.69, 9.17) is 17.3 Å². The molecular formula is C15H16ClNS. The van der Waals surface area contributed by atoms with Gasteiger partial charge in [-0.25, -0.2) is 0 Å². The fraction of sp³-hybridized carbons (Fsp3) is 0.200. The van der Waals surface area contributed by atoms with Crippen LogP contribution in [0.4, 0.5) is 0 Å². The number of hydrogen-bond donors (Lipinski definition) is 1. The van der Waals surface area contributed by atoms with Crippen molar-refractivity contribution in [3.63, 3.8) is 0 Å². The van der Waals surface area contributed by atoms with Gasteiger partial charge in [-0.15, -0.1) is 0 Å². The first-order chi connectivity index (χ1) is 8.69. The molecule has 2 aromatic carbocycles. The topological polar surface area (TPSA) is 26.0 Å². The predicted octanol–water partition coefficient (Wildman–Crippen LogP) is 4.30. The van der Waals surface area contributed by atoms with Crippen LogP contribution in [0.5, 0.6) is 0 Å². The minimum Gasteiger partial charge on any atom is -0.330 e. The highest BCUT2D eigenvalue weighted by atomic mass is 35.5. The molecule has 0 aliphatic rings. The molecular weight excluding hydrogens is 262 g/mol. The Morgan fingerprint density at radius 1 is 1.17 bits per heavy atom. The second-order valence-electron chi connectivity index (χ2n) is 4.21. The lowest BCUT2D eigenvalue weighted by atomic mass is 10.1. The third-order valence-corrected chi connectivity index (χ3v) is 4.00. The fourth-order valence-corrected chi connectivity index (χ4v) is 3.07. The van der Waals surface area contributed by atoms with Gasteiger partial charge in [-0.2, -0.15) is 0 Å². The van der Waals surface area contributed by atoms with E-state index in [1.807, 2.05) is 12.1 Å². The summed E-state index contributed by atoms with van der Waals surface area (Å²) in [4.78, 5) is 2.48. The lowest BCUT2D eigenvalue weighted by molar-refractivity contribution is 0.944. The van der Waals surface area contributed by atoms with Gasteiger partial charge in [0.1, 0.15) is 0 Å². The Morgan fingerprint density at radius 2 is 2.00 bits per heavy atom. The van der Waals surface area contributed by atoms with Crippen LogP contribution in [0.2, 0.25) is 5.02 Å². The Balaban J connectivity index is 2.28. The molecule has 2 aromatic rings. The molecule has 94 valence electrons. The van der Waals surface area contributed by atoms with Crippen molar-refractivity contribution in [2.24, 2.45) is 5.73 Å². The van der Waals surface area contributed by atoms with Crippen molar-refractivity contribution in [2.75, 3.05) is 6.54 Å². The molecule has 0 aliphatic carbocycles. The Labute approximate surface area is 117 Å². The summed E-state index contributed by atoms with van der Waals surface area (Å²) >= 11 is 7.79. The molecule has 0 unspecified atom stereocenters. The number of halogens is 1. The highest BCUT2D eigenvalue weighted by Gasteiger charge is 2.05. The molecule has 3 heteroatoms. The summed E-state index contributed by atoms with van der Waals surface area (Å²) in [5.41, 5.74) is 8.14. The molecule has 0 saturated carbocycles. The Hall–Kier alpha value is -0.960. The highest BCUT2D eigenvalue weighted by Crippen LogP contribution is 2.32. The maximum Gasteiger partial charge on any atom is 0.0409 e. The van der Waals surface area contributed by atoms with Crippen molar-refractivity contribution in [3.8, 4) is 0 Å². The van der Waals surface area contributed by atoms with Gasteiger partial charge in [0.05, 0.1) is 0 Å². The molecule has 2 rings (SSSR count). The number of benzene rings is 2. The molecule has 1 nitrogen and oxygen atoms in total. The summed E-state index contributed by atoms with van der Waals surface area (Å²) in [6, 6.07) is 14.5. The quantitative estimate of drug-likeness (QED) is 0.902. The SMILES string of the molecule is Cc1cccc(Sc2ccc(Cl)cc2CCN)c1. The van der Waals surface area contributed by atoms with Crippen molar-refractivity contribution in [3.05, 3.63) is 58.6 Å². The van der Waals surface area contributed by atoms with E-state index in [0.29, 0.717) is 6.54 Å². The maximum absolute atomic E-state index is 6.03. The first-order valence-corrected chi connectivity index (χ1v) is 7.11. The zero-order valence-corrected chi connectivity index (χ0v) is 11.9. The van der Waals surface area contributed by atoms with Gasteiger partial charge in [0.15, 0.2) is 0 Å². The third-order valence-electron chi connectivity index (χ3n) is 2.65. The van der Waals surface area contributed by atoms with E-state index in [1.54, 1.807) is 11.8 Å². The second kappa shape index (κ2) is 6.28. The smallest absolute Gasteiger partial charge is 0.0409 e. The lowest BCUT2D eigenvalue weighted by Crippen LogP contribution is -2.03. The Kier molecular flexibility index (Phi) is 4.70. The van der Waals surface area contributed by atoms with E-state index >= 15 is 0 Å². The molecule has 18 heavy (non-hydrogen) atoms. The van der Waals surface area contributed by atoms with Crippen LogP contribution in [-0.4, -0.2) is 6.54 Å². The van der Waals surface area contributed by atoms with Gasteiger partial charge >= 0.3 is 0 Å². The summed E-state index contributed by atoms with van der Waals surface area (Å²) in [7, 11) is 0. The second-order valence-corrected chi connectivity index (χ2v) is 5.76. The average Bonchev–Trinajstić information content (AvgIpc) is 2.33. The van der Waals surface area contributed by atoms with Gasteiger partial charge in [0.2, 0.25) is 0 Å². The third kappa shape index (κ3) is 3.52. The van der Waals surface area contributed by atoms with Crippen LogP contribution in [0, 0.1) is 6.92 Å². The normalized spacial score (nSPS) is 10.6. The summed E-state index contributed by atoms with van der Waals surface area (Å²) in [5, 5.41) is 0.770. The summed E-state index contributed by atoms with van der Waals surface area (Å²) in [6.07, 6.45) is 0.856. The van der Waals surface area contributed by atoms with Crippen LogP contribution in [-0.2, 0) is 6.42 Å². The Morgan fingerprint density at radius 3 is 2.72 bits per heavy atom. The molecule has 0 heterocycles. The Bertz CT molecular complexity index is 540. The molecule has 0 saturated heterocycles. The van der Waals surface area contributed by atoms with Crippen molar-refractivity contribution in [1.82, 2.24) is 0 Å². The van der Waals surface area contributed by atoms with Crippen molar-refractivity contribution < 1.29 is 0 Å². The number of nitrogens with two attached hydrogens (primary N) is 1. The molecule has 0 aromatic heterocycles. The van der Waals surface area contributed by atoms with E-state index in [-0.39, 0.29) is 0 Å². The number of aryl methyl sites for hydroxylation is 1. The lowest BCUT2D eigenvalue weighted by Gasteiger charge is -2.09. The first kappa shape index (κ1) is 13.5. The summed E-state index contributed by atoms with van der Waals surface area (Å²) in [5.74, 6) is 0. The van der Waals surface area contributed by atoms with Crippen LogP contribution in [0.15, 0.2) is 52.3 Å². The molecule has 2 N–H and O–H groups in total. The fourth-order valence-electron chi connectivity index (χ4n) is 1.80. The molecule has 0 bridgehead atoms. The van der Waals surface area contributed by atoms with E-state index in [9.17, 15) is 0 Å². The van der Waals surface area contributed by atoms with E-state index in [2.05, 4.69) is 37.3 Å². The largest absolute Gasteiger partial charge is 0.330 e. The van der Waals surface area contributed by atoms with Gasteiger partial charge in [-0.3, -0.25) is 0 Å². The van der Waals surface area contributed by atoms with Gasteiger partial charge in [0, 0.05) is 14.8 Å². The molecule has 0 radical (unpaired) electrons. The molecule has 0 atom stereocenters. The minimum atomic E-state index is 0.641. The van der Waals surface area contributed by atoms with Crippen LogP contribution in [0.3, 0.4) is 0 Å². The maximum atomic E-state index is 6.03. The molecule has 0 aliphatic heterocycles. The summed E-state index contributed by atoms with van der Waals surface area (Å²) < 4.78 is 0. The monoisotopic (exact) mass is 277 g/mol. The number of rotatable bonds is 4. The van der Waals surface area contributed by atoms with Crippen LogP contribution >= 0.6 is 23.4 Å². The highest BCUT2D eigenvalue weighted by molar-refractivity contribution is 7.99. The van der Waals surface area contributed by atoms with E-state index < -0.39 is 0 Å². The van der Waals surface area contributed by atoms with Crippen molar-refractivity contribution in [1.29, 1.82) is 0 Å². The van der Waals surface area contributed by atoms with Crippen molar-refractivity contribution >= 4 is 23.4 Å². The zero-order chi connectivity index (χ0) is 13.0. The molecule has 0 spiro atoms. The predicted molar refractivity (Wildman–Crippen MR) is 79.5 cm³/mol. The van der Waals surface area contributed by atoms with Crippen LogP contribution in [0.25, 0.3) is 0 Å². The van der Waals surface area contributed by atoms with Crippen molar-refractivity contribution in [2.45, 2.75) is 23.1 Å². The van der Waals surface area contributed by atoms with Crippen LogP contribution in [0.1, 0.15) is 11.1 Å². The first-order valence-electron chi connectivity index (χ1n) is 5.92. The van der Waals surface area contributed by atoms with E-state index in [1.165, 1.54) is 20.9 Å². The van der Waals surface area contributed by atoms with E-state index in [0.717, 1.165) is 11.4 Å². The van der Waals surface area contributed by atoms with Gasteiger partial charge < -0.3 is 5.73 Å². The summed E-state index contributed by atoms with van der Waals surface area (Å²) in [6.45, 7) is 2.74.